The first kappa shape index (κ1) is 18.3. The fourth-order valence-corrected chi connectivity index (χ4v) is 2.58. The van der Waals surface area contributed by atoms with Gasteiger partial charge in [0.15, 0.2) is 0 Å². The average molecular weight is 346 g/mol. The van der Waals surface area contributed by atoms with Crippen molar-refractivity contribution < 1.29 is 4.79 Å². The summed E-state index contributed by atoms with van der Waals surface area (Å²) in [6.07, 6.45) is 0. The van der Waals surface area contributed by atoms with Gasteiger partial charge in [-0.3, -0.25) is 9.69 Å². The van der Waals surface area contributed by atoms with Gasteiger partial charge in [-0.1, -0.05) is 42.8 Å². The fourth-order valence-electron chi connectivity index (χ4n) is 2.39. The molecule has 0 saturated carbocycles. The summed E-state index contributed by atoms with van der Waals surface area (Å²) in [4.78, 5) is 16.4. The monoisotopic (exact) mass is 345 g/mol. The van der Waals surface area contributed by atoms with Crippen molar-refractivity contribution in [3.63, 3.8) is 0 Å². The largest absolute Gasteiger partial charge is 0.378 e. The third kappa shape index (κ3) is 5.25. The van der Waals surface area contributed by atoms with Gasteiger partial charge in [0.2, 0.25) is 5.91 Å². The third-order valence-corrected chi connectivity index (χ3v) is 4.15. The van der Waals surface area contributed by atoms with Crippen molar-refractivity contribution in [3.8, 4) is 0 Å². The molecular weight excluding hydrogens is 322 g/mol. The molecule has 0 aromatic heterocycles. The zero-order chi connectivity index (χ0) is 17.5. The number of anilines is 2. The van der Waals surface area contributed by atoms with Gasteiger partial charge < -0.3 is 10.2 Å². The van der Waals surface area contributed by atoms with E-state index in [0.717, 1.165) is 13.1 Å². The Morgan fingerprint density at radius 1 is 1.08 bits per heavy atom. The molecule has 0 heterocycles. The Kier molecular flexibility index (Phi) is 6.64. The summed E-state index contributed by atoms with van der Waals surface area (Å²) < 4.78 is 0. The standard InChI is InChI=1S/C19H24ClN3O/c1-4-23(13-15-9-11-16(12-10-15)22(2)3)14-19(24)21-18-8-6-5-7-17(18)20/h5-12H,4,13-14H2,1-3H3,(H,21,24). The summed E-state index contributed by atoms with van der Waals surface area (Å²) in [5.41, 5.74) is 3.00. The lowest BCUT2D eigenvalue weighted by Crippen LogP contribution is -2.32. The van der Waals surface area contributed by atoms with Crippen molar-refractivity contribution in [1.82, 2.24) is 4.90 Å². The summed E-state index contributed by atoms with van der Waals surface area (Å²) in [5.74, 6) is -0.0603. The summed E-state index contributed by atoms with van der Waals surface area (Å²) in [5, 5.41) is 3.41. The normalized spacial score (nSPS) is 10.7. The molecule has 4 nitrogen and oxygen atoms in total. The maximum Gasteiger partial charge on any atom is 0.238 e. The van der Waals surface area contributed by atoms with Crippen LogP contribution in [0.25, 0.3) is 0 Å². The van der Waals surface area contributed by atoms with Gasteiger partial charge in [0.25, 0.3) is 0 Å². The molecule has 2 aromatic carbocycles. The van der Waals surface area contributed by atoms with Crippen molar-refractivity contribution in [2.24, 2.45) is 0 Å². The van der Waals surface area contributed by atoms with E-state index in [2.05, 4.69) is 46.3 Å². The van der Waals surface area contributed by atoms with Crippen LogP contribution in [0.15, 0.2) is 48.5 Å². The number of para-hydroxylation sites is 1. The molecule has 0 spiro atoms. The van der Waals surface area contributed by atoms with Crippen LogP contribution in [0, 0.1) is 0 Å². The van der Waals surface area contributed by atoms with Gasteiger partial charge in [0, 0.05) is 26.3 Å². The number of rotatable bonds is 7. The molecule has 2 aromatic rings. The summed E-state index contributed by atoms with van der Waals surface area (Å²) in [6, 6.07) is 15.6. The zero-order valence-corrected chi connectivity index (χ0v) is 15.2. The molecule has 0 unspecified atom stereocenters. The first-order valence-electron chi connectivity index (χ1n) is 8.02. The average Bonchev–Trinajstić information content (AvgIpc) is 2.56. The number of nitrogens with zero attached hydrogens (tertiary/aromatic N) is 2. The lowest BCUT2D eigenvalue weighted by molar-refractivity contribution is -0.117. The Labute approximate surface area is 149 Å². The molecule has 0 aliphatic heterocycles. The van der Waals surface area contributed by atoms with Gasteiger partial charge >= 0.3 is 0 Å². The number of amides is 1. The first-order chi connectivity index (χ1) is 11.5. The molecule has 0 bridgehead atoms. The van der Waals surface area contributed by atoms with E-state index in [1.807, 2.05) is 26.2 Å². The number of carbonyl (C=O) groups excluding carboxylic acids is 1. The van der Waals surface area contributed by atoms with Crippen LogP contribution < -0.4 is 10.2 Å². The third-order valence-electron chi connectivity index (χ3n) is 3.82. The van der Waals surface area contributed by atoms with Crippen LogP contribution >= 0.6 is 11.6 Å². The van der Waals surface area contributed by atoms with E-state index in [-0.39, 0.29) is 5.91 Å². The minimum Gasteiger partial charge on any atom is -0.378 e. The van der Waals surface area contributed by atoms with Gasteiger partial charge in [-0.2, -0.15) is 0 Å². The predicted octanol–water partition coefficient (Wildman–Crippen LogP) is 3.87. The van der Waals surface area contributed by atoms with E-state index in [1.165, 1.54) is 11.3 Å². The number of nitrogens with one attached hydrogen (secondary N) is 1. The highest BCUT2D eigenvalue weighted by atomic mass is 35.5. The maximum atomic E-state index is 12.2. The molecule has 128 valence electrons. The molecule has 0 saturated heterocycles. The van der Waals surface area contributed by atoms with Crippen molar-refractivity contribution in [3.05, 3.63) is 59.1 Å². The smallest absolute Gasteiger partial charge is 0.238 e. The number of hydrogen-bond acceptors (Lipinski definition) is 3. The number of benzene rings is 2. The number of carbonyl (C=O) groups is 1. The highest BCUT2D eigenvalue weighted by Crippen LogP contribution is 2.20. The Balaban J connectivity index is 1.94. The molecule has 1 amide bonds. The topological polar surface area (TPSA) is 35.6 Å². The molecule has 2 rings (SSSR count). The van der Waals surface area contributed by atoms with Crippen molar-refractivity contribution in [2.75, 3.05) is 37.4 Å². The van der Waals surface area contributed by atoms with Crippen molar-refractivity contribution in [2.45, 2.75) is 13.5 Å². The van der Waals surface area contributed by atoms with Crippen molar-refractivity contribution in [1.29, 1.82) is 0 Å². The Bertz CT molecular complexity index is 671. The minimum absolute atomic E-state index is 0.0603. The highest BCUT2D eigenvalue weighted by molar-refractivity contribution is 6.33. The van der Waals surface area contributed by atoms with E-state index in [0.29, 0.717) is 17.3 Å². The van der Waals surface area contributed by atoms with Gasteiger partial charge in [0.1, 0.15) is 0 Å². The predicted molar refractivity (Wildman–Crippen MR) is 102 cm³/mol. The number of likely N-dealkylation sites (N-methyl/N-ethyl adjacent to an activating group) is 1. The quantitative estimate of drug-likeness (QED) is 0.827. The molecule has 24 heavy (non-hydrogen) atoms. The lowest BCUT2D eigenvalue weighted by Gasteiger charge is -2.21. The molecule has 0 aliphatic carbocycles. The summed E-state index contributed by atoms with van der Waals surface area (Å²) >= 11 is 6.08. The van der Waals surface area contributed by atoms with Gasteiger partial charge in [-0.25, -0.2) is 0 Å². The Morgan fingerprint density at radius 3 is 2.33 bits per heavy atom. The van der Waals surface area contributed by atoms with E-state index < -0.39 is 0 Å². The van der Waals surface area contributed by atoms with Gasteiger partial charge in [-0.15, -0.1) is 0 Å². The number of hydrogen-bond donors (Lipinski definition) is 1. The van der Waals surface area contributed by atoms with Crippen LogP contribution in [-0.4, -0.2) is 38.0 Å². The van der Waals surface area contributed by atoms with E-state index in [4.69, 9.17) is 11.6 Å². The molecule has 0 aliphatic rings. The van der Waals surface area contributed by atoms with Gasteiger partial charge in [0.05, 0.1) is 17.3 Å². The minimum atomic E-state index is -0.0603. The van der Waals surface area contributed by atoms with Crippen molar-refractivity contribution >= 4 is 28.9 Å². The van der Waals surface area contributed by atoms with Gasteiger partial charge in [-0.05, 0) is 36.4 Å². The fraction of sp³-hybridized carbons (Fsp3) is 0.316. The second kappa shape index (κ2) is 8.71. The van der Waals surface area contributed by atoms with E-state index >= 15 is 0 Å². The summed E-state index contributed by atoms with van der Waals surface area (Å²) in [6.45, 7) is 3.92. The molecule has 0 atom stereocenters. The molecule has 5 heteroatoms. The van der Waals surface area contributed by atoms with E-state index in [1.54, 1.807) is 12.1 Å². The SMILES string of the molecule is CCN(CC(=O)Nc1ccccc1Cl)Cc1ccc(N(C)C)cc1. The summed E-state index contributed by atoms with van der Waals surface area (Å²) in [7, 11) is 4.04. The second-order valence-electron chi connectivity index (χ2n) is 5.89. The maximum absolute atomic E-state index is 12.2. The Hall–Kier alpha value is -2.04. The van der Waals surface area contributed by atoms with Crippen LogP contribution in [-0.2, 0) is 11.3 Å². The Morgan fingerprint density at radius 2 is 1.75 bits per heavy atom. The van der Waals surface area contributed by atoms with Crippen LogP contribution in [0.2, 0.25) is 5.02 Å². The van der Waals surface area contributed by atoms with E-state index in [9.17, 15) is 4.79 Å². The second-order valence-corrected chi connectivity index (χ2v) is 6.30. The van der Waals surface area contributed by atoms with Crippen LogP contribution in [0.1, 0.15) is 12.5 Å². The molecule has 0 radical (unpaired) electrons. The van der Waals surface area contributed by atoms with Crippen LogP contribution in [0.3, 0.4) is 0 Å². The lowest BCUT2D eigenvalue weighted by atomic mass is 10.2. The molecular formula is C19H24ClN3O. The zero-order valence-electron chi connectivity index (χ0n) is 14.4. The molecule has 1 N–H and O–H groups in total. The number of halogens is 1. The first-order valence-corrected chi connectivity index (χ1v) is 8.40. The molecule has 0 fully saturated rings. The van der Waals surface area contributed by atoms with Crippen LogP contribution in [0.5, 0.6) is 0 Å². The highest BCUT2D eigenvalue weighted by Gasteiger charge is 2.11. The van der Waals surface area contributed by atoms with Crippen LogP contribution in [0.4, 0.5) is 11.4 Å².